The fraction of sp³-hybridized carbons (Fsp3) is 0.231. The molecule has 0 saturated carbocycles. The molecule has 94 valence electrons. The summed E-state index contributed by atoms with van der Waals surface area (Å²) >= 11 is 9.44. The van der Waals surface area contributed by atoms with Crippen molar-refractivity contribution in [1.29, 1.82) is 0 Å². The Hall–Kier alpha value is -1.13. The molecule has 3 nitrogen and oxygen atoms in total. The summed E-state index contributed by atoms with van der Waals surface area (Å²) < 4.78 is 2.37. The fourth-order valence-electron chi connectivity index (χ4n) is 1.77. The average molecular weight is 328 g/mol. The van der Waals surface area contributed by atoms with Crippen molar-refractivity contribution in [2.45, 2.75) is 20.4 Å². The van der Waals surface area contributed by atoms with E-state index >= 15 is 0 Å². The summed E-state index contributed by atoms with van der Waals surface area (Å²) in [4.78, 5) is 12.5. The lowest BCUT2D eigenvalue weighted by Gasteiger charge is -2.07. The number of benzene rings is 1. The number of halogens is 2. The molecule has 1 aromatic heterocycles. The van der Waals surface area contributed by atoms with E-state index in [4.69, 9.17) is 11.6 Å². The van der Waals surface area contributed by atoms with Crippen LogP contribution in [0.4, 0.5) is 0 Å². The lowest BCUT2D eigenvalue weighted by atomic mass is 10.1. The molecule has 0 atom stereocenters. The average Bonchev–Trinajstić information content (AvgIpc) is 2.72. The largest absolute Gasteiger partial charge is 0.287 e. The number of ketones is 1. The number of hydrogen-bond donors (Lipinski definition) is 0. The quantitative estimate of drug-likeness (QED) is 0.802. The molecule has 0 aliphatic carbocycles. The first-order valence-corrected chi connectivity index (χ1v) is 6.73. The van der Waals surface area contributed by atoms with Gasteiger partial charge in [-0.3, -0.25) is 9.48 Å². The highest BCUT2D eigenvalue weighted by atomic mass is 79.9. The first-order valence-electron chi connectivity index (χ1n) is 5.56. The Morgan fingerprint density at radius 2 is 2.22 bits per heavy atom. The zero-order chi connectivity index (χ0) is 13.3. The van der Waals surface area contributed by atoms with Gasteiger partial charge in [0.25, 0.3) is 0 Å². The second-order valence-electron chi connectivity index (χ2n) is 3.97. The maximum absolute atomic E-state index is 12.5. The van der Waals surface area contributed by atoms with Crippen molar-refractivity contribution >= 4 is 33.3 Å². The third-order valence-corrected chi connectivity index (χ3v) is 3.64. The highest BCUT2D eigenvalue weighted by molar-refractivity contribution is 9.10. The molecule has 0 radical (unpaired) electrons. The van der Waals surface area contributed by atoms with E-state index in [2.05, 4.69) is 21.0 Å². The molecule has 0 aliphatic rings. The SMILES string of the molecule is CCn1ncc(Cl)c1C(=O)c1cc(C)ccc1Br. The van der Waals surface area contributed by atoms with Gasteiger partial charge in [-0.1, -0.05) is 39.2 Å². The Kier molecular flexibility index (Phi) is 3.88. The highest BCUT2D eigenvalue weighted by Gasteiger charge is 2.20. The Morgan fingerprint density at radius 1 is 1.50 bits per heavy atom. The van der Waals surface area contributed by atoms with Gasteiger partial charge in [-0.15, -0.1) is 0 Å². The van der Waals surface area contributed by atoms with E-state index in [0.29, 0.717) is 22.8 Å². The molecule has 0 saturated heterocycles. The number of aryl methyl sites for hydroxylation is 2. The van der Waals surface area contributed by atoms with Crippen LogP contribution >= 0.6 is 27.5 Å². The van der Waals surface area contributed by atoms with Crippen LogP contribution in [0.3, 0.4) is 0 Å². The second kappa shape index (κ2) is 5.24. The van der Waals surface area contributed by atoms with E-state index in [1.54, 1.807) is 4.68 Å². The molecule has 0 fully saturated rings. The number of rotatable bonds is 3. The number of carbonyl (C=O) groups is 1. The van der Waals surface area contributed by atoms with Gasteiger partial charge in [0.1, 0.15) is 5.69 Å². The van der Waals surface area contributed by atoms with Crippen molar-refractivity contribution < 1.29 is 4.79 Å². The molecule has 2 aromatic rings. The van der Waals surface area contributed by atoms with E-state index in [9.17, 15) is 4.79 Å². The molecule has 0 spiro atoms. The van der Waals surface area contributed by atoms with Crippen molar-refractivity contribution in [2.75, 3.05) is 0 Å². The Morgan fingerprint density at radius 3 is 2.89 bits per heavy atom. The minimum absolute atomic E-state index is 0.116. The van der Waals surface area contributed by atoms with Gasteiger partial charge in [-0.05, 0) is 26.0 Å². The first-order chi connectivity index (χ1) is 8.54. The molecule has 0 aliphatic heterocycles. The van der Waals surface area contributed by atoms with E-state index in [0.717, 1.165) is 10.0 Å². The zero-order valence-electron chi connectivity index (χ0n) is 10.1. The van der Waals surface area contributed by atoms with Crippen LogP contribution < -0.4 is 0 Å². The molecule has 1 heterocycles. The topological polar surface area (TPSA) is 34.9 Å². The Labute approximate surface area is 119 Å². The smallest absolute Gasteiger partial charge is 0.213 e. The van der Waals surface area contributed by atoms with Gasteiger partial charge in [0, 0.05) is 16.6 Å². The lowest BCUT2D eigenvalue weighted by molar-refractivity contribution is 0.102. The van der Waals surface area contributed by atoms with Crippen LogP contribution in [0.2, 0.25) is 5.02 Å². The molecular weight excluding hydrogens is 316 g/mol. The molecule has 0 amide bonds. The van der Waals surface area contributed by atoms with Crippen molar-refractivity contribution in [1.82, 2.24) is 9.78 Å². The molecule has 0 unspecified atom stereocenters. The van der Waals surface area contributed by atoms with Gasteiger partial charge in [-0.25, -0.2) is 0 Å². The number of aromatic nitrogens is 2. The molecule has 0 N–H and O–H groups in total. The van der Waals surface area contributed by atoms with Crippen molar-refractivity contribution in [2.24, 2.45) is 0 Å². The summed E-state index contributed by atoms with van der Waals surface area (Å²) in [5.74, 6) is -0.116. The highest BCUT2D eigenvalue weighted by Crippen LogP contribution is 2.25. The van der Waals surface area contributed by atoms with Crippen LogP contribution in [-0.4, -0.2) is 15.6 Å². The van der Waals surface area contributed by atoms with Gasteiger partial charge < -0.3 is 0 Å². The molecule has 5 heteroatoms. The van der Waals surface area contributed by atoms with E-state index in [-0.39, 0.29) is 5.78 Å². The summed E-state index contributed by atoms with van der Waals surface area (Å²) in [7, 11) is 0. The third kappa shape index (κ3) is 2.35. The van der Waals surface area contributed by atoms with Crippen molar-refractivity contribution in [3.05, 3.63) is 50.7 Å². The Bertz CT molecular complexity index is 607. The van der Waals surface area contributed by atoms with Gasteiger partial charge >= 0.3 is 0 Å². The van der Waals surface area contributed by atoms with Gasteiger partial charge in [0.2, 0.25) is 5.78 Å². The Balaban J connectivity index is 2.54. The summed E-state index contributed by atoms with van der Waals surface area (Å²) in [5, 5.41) is 4.47. The summed E-state index contributed by atoms with van der Waals surface area (Å²) in [6, 6.07) is 5.65. The number of hydrogen-bond acceptors (Lipinski definition) is 2. The van der Waals surface area contributed by atoms with Gasteiger partial charge in [-0.2, -0.15) is 5.10 Å². The molecule has 2 rings (SSSR count). The second-order valence-corrected chi connectivity index (χ2v) is 5.23. The number of nitrogens with zero attached hydrogens (tertiary/aromatic N) is 2. The van der Waals surface area contributed by atoms with Gasteiger partial charge in [0.15, 0.2) is 0 Å². The molecule has 18 heavy (non-hydrogen) atoms. The van der Waals surface area contributed by atoms with Crippen molar-refractivity contribution in [3.63, 3.8) is 0 Å². The monoisotopic (exact) mass is 326 g/mol. The van der Waals surface area contributed by atoms with Crippen LogP contribution in [0.25, 0.3) is 0 Å². The predicted molar refractivity (Wildman–Crippen MR) is 75.2 cm³/mol. The van der Waals surface area contributed by atoms with E-state index in [1.165, 1.54) is 6.20 Å². The summed E-state index contributed by atoms with van der Waals surface area (Å²) in [6.45, 7) is 4.48. The standard InChI is InChI=1S/C13H12BrClN2O/c1-3-17-12(11(15)7-16-17)13(18)9-6-8(2)4-5-10(9)14/h4-7H,3H2,1-2H3. The van der Waals surface area contributed by atoms with Crippen LogP contribution in [0.1, 0.15) is 28.5 Å². The lowest BCUT2D eigenvalue weighted by Crippen LogP contribution is -2.11. The fourth-order valence-corrected chi connectivity index (χ4v) is 2.42. The molecule has 0 bridgehead atoms. The van der Waals surface area contributed by atoms with Crippen LogP contribution in [0, 0.1) is 6.92 Å². The maximum atomic E-state index is 12.5. The van der Waals surface area contributed by atoms with Crippen LogP contribution in [0.15, 0.2) is 28.9 Å². The summed E-state index contributed by atoms with van der Waals surface area (Å²) in [6.07, 6.45) is 1.50. The van der Waals surface area contributed by atoms with Crippen molar-refractivity contribution in [3.8, 4) is 0 Å². The van der Waals surface area contributed by atoms with Crippen LogP contribution in [-0.2, 0) is 6.54 Å². The zero-order valence-corrected chi connectivity index (χ0v) is 12.4. The normalized spacial score (nSPS) is 10.7. The summed E-state index contributed by atoms with van der Waals surface area (Å²) in [5.41, 5.74) is 2.07. The van der Waals surface area contributed by atoms with Crippen LogP contribution in [0.5, 0.6) is 0 Å². The number of carbonyl (C=O) groups excluding carboxylic acids is 1. The van der Waals surface area contributed by atoms with E-state index < -0.39 is 0 Å². The molecular formula is C13H12BrClN2O. The molecule has 1 aromatic carbocycles. The minimum atomic E-state index is -0.116. The minimum Gasteiger partial charge on any atom is -0.287 e. The maximum Gasteiger partial charge on any atom is 0.213 e. The third-order valence-electron chi connectivity index (χ3n) is 2.68. The first kappa shape index (κ1) is 13.3. The van der Waals surface area contributed by atoms with Gasteiger partial charge in [0.05, 0.1) is 11.2 Å². The predicted octanol–water partition coefficient (Wildman–Crippen LogP) is 3.86. The van der Waals surface area contributed by atoms with E-state index in [1.807, 2.05) is 32.0 Å².